The van der Waals surface area contributed by atoms with E-state index in [-0.39, 0.29) is 50.1 Å². The molecule has 0 fully saturated rings. The highest BCUT2D eigenvalue weighted by atomic mass is 16.4. The summed E-state index contributed by atoms with van der Waals surface area (Å²) in [6, 6.07) is 10.1. The number of carboxylic acids is 2. The molecule has 2 rings (SSSR count). The van der Waals surface area contributed by atoms with E-state index in [1.165, 1.54) is 0 Å². The Morgan fingerprint density at radius 2 is 1.24 bits per heavy atom. The van der Waals surface area contributed by atoms with Crippen LogP contribution in [0.15, 0.2) is 48.5 Å². The van der Waals surface area contributed by atoms with E-state index in [4.69, 9.17) is 0 Å². The normalized spacial score (nSPS) is 13.0. The predicted molar refractivity (Wildman–Crippen MR) is 186 cm³/mol. The fraction of sp³-hybridized carbons (Fsp3) is 0.486. The number of nitrogens with one attached hydrogen (secondary N) is 6. The van der Waals surface area contributed by atoms with E-state index in [9.17, 15) is 39.0 Å². The van der Waals surface area contributed by atoms with Crippen LogP contribution in [-0.4, -0.2) is 77.1 Å². The van der Waals surface area contributed by atoms with Gasteiger partial charge in [-0.15, -0.1) is 0 Å². The highest BCUT2D eigenvalue weighted by molar-refractivity contribution is 5.99. The van der Waals surface area contributed by atoms with Crippen molar-refractivity contribution in [3.63, 3.8) is 0 Å². The Labute approximate surface area is 287 Å². The van der Waals surface area contributed by atoms with Crippen molar-refractivity contribution in [3.8, 4) is 0 Å². The maximum atomic E-state index is 13.2. The maximum Gasteiger partial charge on any atom is 0.327 e. The lowest BCUT2D eigenvalue weighted by molar-refractivity contribution is -0.143. The molecule has 0 aliphatic heterocycles. The van der Waals surface area contributed by atoms with Gasteiger partial charge in [0.2, 0.25) is 17.7 Å². The van der Waals surface area contributed by atoms with Crippen molar-refractivity contribution < 1.29 is 39.0 Å². The van der Waals surface area contributed by atoms with E-state index in [1.54, 1.807) is 36.4 Å². The van der Waals surface area contributed by atoms with Crippen molar-refractivity contribution in [2.75, 3.05) is 23.7 Å². The van der Waals surface area contributed by atoms with E-state index in [0.717, 1.165) is 5.56 Å². The van der Waals surface area contributed by atoms with Gasteiger partial charge in [0.25, 0.3) is 0 Å². The Hall–Kier alpha value is -4.98. The van der Waals surface area contributed by atoms with Gasteiger partial charge in [-0.2, -0.15) is 0 Å². The molecule has 0 saturated heterocycles. The zero-order valence-electron chi connectivity index (χ0n) is 29.0. The van der Waals surface area contributed by atoms with E-state index in [2.05, 4.69) is 31.9 Å². The molecule has 14 nitrogen and oxygen atoms in total. The molecule has 0 saturated carbocycles. The van der Waals surface area contributed by atoms with Gasteiger partial charge in [0.15, 0.2) is 0 Å². The molecule has 3 atom stereocenters. The first-order valence-corrected chi connectivity index (χ1v) is 16.2. The van der Waals surface area contributed by atoms with E-state index < -0.39 is 53.8 Å². The van der Waals surface area contributed by atoms with Crippen LogP contribution in [0.25, 0.3) is 0 Å². The second kappa shape index (κ2) is 19.1. The summed E-state index contributed by atoms with van der Waals surface area (Å²) >= 11 is 0. The summed E-state index contributed by atoms with van der Waals surface area (Å²) in [6.45, 7) is 11.1. The molecule has 49 heavy (non-hydrogen) atoms. The first-order chi connectivity index (χ1) is 22.9. The van der Waals surface area contributed by atoms with Gasteiger partial charge in [0.05, 0.1) is 6.42 Å². The van der Waals surface area contributed by atoms with Crippen molar-refractivity contribution in [1.29, 1.82) is 0 Å². The van der Waals surface area contributed by atoms with Crippen LogP contribution in [0.3, 0.4) is 0 Å². The number of carboxylic acid groups (broad SMARTS) is 2. The van der Waals surface area contributed by atoms with Crippen LogP contribution in [0.4, 0.5) is 16.2 Å². The Kier molecular flexibility index (Phi) is 15.7. The second-order valence-electron chi connectivity index (χ2n) is 13.7. The largest absolute Gasteiger partial charge is 0.480 e. The van der Waals surface area contributed by atoms with Gasteiger partial charge in [0.1, 0.15) is 18.1 Å². The highest BCUT2D eigenvalue weighted by Gasteiger charge is 2.28. The monoisotopic (exact) mass is 682 g/mol. The number of benzene rings is 2. The molecule has 2 aromatic rings. The molecule has 0 spiro atoms. The minimum atomic E-state index is -1.31. The molecule has 3 unspecified atom stereocenters. The van der Waals surface area contributed by atoms with Gasteiger partial charge in [-0.1, -0.05) is 64.4 Å². The first-order valence-electron chi connectivity index (χ1n) is 16.2. The van der Waals surface area contributed by atoms with Crippen molar-refractivity contribution >= 4 is 47.1 Å². The standard InChI is InChI=1S/C35H50N6O8/c1-21(2)17-27(31(44)41-26(32(45)46)15-16-36-20-28(33(47)48)40-30(43)19-35(4,5)6)39-29(42)18-23-9-13-25(14-10-23)38-34(49)37-24-11-7-22(3)8-12-24/h7-14,21,26-28,36H,15-20H2,1-6H3,(H,39,42)(H,40,43)(H,41,44)(H,45,46)(H,47,48)(H2,37,38,49). The van der Waals surface area contributed by atoms with Crippen LogP contribution >= 0.6 is 0 Å². The average Bonchev–Trinajstić information content (AvgIpc) is 2.98. The van der Waals surface area contributed by atoms with Gasteiger partial charge in [-0.25, -0.2) is 14.4 Å². The summed E-state index contributed by atoms with van der Waals surface area (Å²) in [5.74, 6) is -4.05. The SMILES string of the molecule is Cc1ccc(NC(=O)Nc2ccc(CC(=O)NC(CC(C)C)C(=O)NC(CCNCC(NC(=O)CC(C)(C)C)C(=O)O)C(=O)O)cc2)cc1. The molecule has 5 amide bonds. The van der Waals surface area contributed by atoms with E-state index in [0.29, 0.717) is 16.9 Å². The first kappa shape index (κ1) is 40.2. The molecule has 2 aromatic carbocycles. The van der Waals surface area contributed by atoms with Crippen LogP contribution in [0.2, 0.25) is 0 Å². The molecule has 0 aliphatic carbocycles. The molecule has 8 N–H and O–H groups in total. The third-order valence-corrected chi connectivity index (χ3v) is 7.14. The molecular weight excluding hydrogens is 632 g/mol. The van der Waals surface area contributed by atoms with Crippen molar-refractivity contribution in [1.82, 2.24) is 21.3 Å². The third kappa shape index (κ3) is 16.1. The van der Waals surface area contributed by atoms with E-state index >= 15 is 0 Å². The molecule has 0 radical (unpaired) electrons. The van der Waals surface area contributed by atoms with Gasteiger partial charge in [-0.05, 0) is 67.5 Å². The van der Waals surface area contributed by atoms with Crippen molar-refractivity contribution in [2.24, 2.45) is 11.3 Å². The Morgan fingerprint density at radius 3 is 1.76 bits per heavy atom. The Bertz CT molecular complexity index is 1440. The highest BCUT2D eigenvalue weighted by Crippen LogP contribution is 2.18. The minimum absolute atomic E-state index is 0.00106. The third-order valence-electron chi connectivity index (χ3n) is 7.14. The number of anilines is 2. The lowest BCUT2D eigenvalue weighted by Gasteiger charge is -2.23. The molecule has 0 bridgehead atoms. The lowest BCUT2D eigenvalue weighted by atomic mass is 9.92. The zero-order valence-corrected chi connectivity index (χ0v) is 29.0. The van der Waals surface area contributed by atoms with E-state index in [1.807, 2.05) is 53.7 Å². The van der Waals surface area contributed by atoms with Crippen molar-refractivity contribution in [3.05, 3.63) is 59.7 Å². The van der Waals surface area contributed by atoms with Gasteiger partial charge < -0.3 is 42.1 Å². The van der Waals surface area contributed by atoms with Crippen LogP contribution in [0.5, 0.6) is 0 Å². The number of urea groups is 1. The number of carbonyl (C=O) groups is 6. The maximum absolute atomic E-state index is 13.2. The summed E-state index contributed by atoms with van der Waals surface area (Å²) in [5, 5.41) is 35.1. The molecule has 0 aliphatic rings. The quantitative estimate of drug-likeness (QED) is 0.108. The van der Waals surface area contributed by atoms with Crippen LogP contribution < -0.4 is 31.9 Å². The molecule has 0 aromatic heterocycles. The molecule has 268 valence electrons. The number of hydrogen-bond acceptors (Lipinski definition) is 7. The lowest BCUT2D eigenvalue weighted by Crippen LogP contribution is -2.53. The summed E-state index contributed by atoms with van der Waals surface area (Å²) in [5.41, 5.74) is 2.54. The smallest absolute Gasteiger partial charge is 0.327 e. The number of carbonyl (C=O) groups excluding carboxylic acids is 4. The molecular formula is C35H50N6O8. The number of hydrogen-bond donors (Lipinski definition) is 8. The van der Waals surface area contributed by atoms with Gasteiger partial charge in [0, 0.05) is 24.3 Å². The van der Waals surface area contributed by atoms with Gasteiger partial charge in [-0.3, -0.25) is 14.4 Å². The number of rotatable bonds is 18. The summed E-state index contributed by atoms with van der Waals surface area (Å²) in [6.07, 6.45) is 0.267. The predicted octanol–water partition coefficient (Wildman–Crippen LogP) is 3.27. The zero-order chi connectivity index (χ0) is 36.7. The number of aryl methyl sites for hydroxylation is 1. The Balaban J connectivity index is 1.91. The van der Waals surface area contributed by atoms with Crippen LogP contribution in [-0.2, 0) is 30.4 Å². The Morgan fingerprint density at radius 1 is 0.714 bits per heavy atom. The molecule has 14 heteroatoms. The van der Waals surface area contributed by atoms with Gasteiger partial charge >= 0.3 is 18.0 Å². The van der Waals surface area contributed by atoms with Crippen LogP contribution in [0, 0.1) is 18.3 Å². The number of aliphatic carboxylic acids is 2. The average molecular weight is 683 g/mol. The van der Waals surface area contributed by atoms with Crippen molar-refractivity contribution in [2.45, 2.75) is 85.4 Å². The topological polar surface area (TPSA) is 215 Å². The summed E-state index contributed by atoms with van der Waals surface area (Å²) in [4.78, 5) is 74.1. The minimum Gasteiger partial charge on any atom is -0.480 e. The summed E-state index contributed by atoms with van der Waals surface area (Å²) < 4.78 is 0. The number of amides is 5. The summed E-state index contributed by atoms with van der Waals surface area (Å²) in [7, 11) is 0. The second-order valence-corrected chi connectivity index (χ2v) is 13.7. The fourth-order valence-corrected chi connectivity index (χ4v) is 4.72. The fourth-order valence-electron chi connectivity index (χ4n) is 4.72. The van der Waals surface area contributed by atoms with Crippen LogP contribution in [0.1, 0.15) is 65.0 Å². The molecule has 0 heterocycles.